The molecule has 0 aliphatic carbocycles. The fraction of sp³-hybridized carbons (Fsp3) is 0.167. The van der Waals surface area contributed by atoms with Crippen molar-refractivity contribution in [1.29, 1.82) is 5.26 Å². The Kier molecular flexibility index (Phi) is 2.31. The van der Waals surface area contributed by atoms with E-state index in [0.29, 0.717) is 5.82 Å². The van der Waals surface area contributed by atoms with E-state index in [4.69, 9.17) is 5.26 Å². The van der Waals surface area contributed by atoms with Gasteiger partial charge in [-0.05, 0) is 13.0 Å². The summed E-state index contributed by atoms with van der Waals surface area (Å²) >= 11 is 0. The molecule has 0 bridgehead atoms. The number of nitrogens with zero attached hydrogens (tertiary/aromatic N) is 5. The molecule has 18 heavy (non-hydrogen) atoms. The van der Waals surface area contributed by atoms with Gasteiger partial charge < -0.3 is 4.98 Å². The highest BCUT2D eigenvalue weighted by atomic mass is 15.3. The van der Waals surface area contributed by atoms with Crippen molar-refractivity contribution >= 4 is 11.0 Å². The van der Waals surface area contributed by atoms with Crippen molar-refractivity contribution in [1.82, 2.24) is 24.7 Å². The molecule has 0 amide bonds. The van der Waals surface area contributed by atoms with Gasteiger partial charge >= 0.3 is 0 Å². The summed E-state index contributed by atoms with van der Waals surface area (Å²) in [6.07, 6.45) is 7.03. The fourth-order valence-corrected chi connectivity index (χ4v) is 1.70. The largest absolute Gasteiger partial charge is 0.346 e. The van der Waals surface area contributed by atoms with Gasteiger partial charge in [0.05, 0.1) is 17.8 Å². The molecule has 0 saturated heterocycles. The summed E-state index contributed by atoms with van der Waals surface area (Å²) in [7, 11) is 0. The molecular weight excluding hydrogens is 228 g/mol. The monoisotopic (exact) mass is 238 g/mol. The molecule has 0 aromatic carbocycles. The molecule has 1 N–H and O–H groups in total. The van der Waals surface area contributed by atoms with Crippen molar-refractivity contribution in [3.8, 4) is 17.5 Å². The Hall–Kier alpha value is -2.68. The van der Waals surface area contributed by atoms with E-state index in [-0.39, 0.29) is 6.04 Å². The number of nitrogens with one attached hydrogen (secondary N) is 1. The summed E-state index contributed by atoms with van der Waals surface area (Å²) in [6.45, 7) is 1.78. The number of hydrogen-bond donors (Lipinski definition) is 1. The Morgan fingerprint density at radius 3 is 3.17 bits per heavy atom. The van der Waals surface area contributed by atoms with Gasteiger partial charge in [0.2, 0.25) is 0 Å². The Morgan fingerprint density at radius 1 is 1.44 bits per heavy atom. The number of H-pyrrole nitrogens is 1. The van der Waals surface area contributed by atoms with E-state index in [1.165, 1.54) is 0 Å². The van der Waals surface area contributed by atoms with E-state index in [2.05, 4.69) is 26.1 Å². The Balaban J connectivity index is 2.03. The summed E-state index contributed by atoms with van der Waals surface area (Å²) in [6, 6.07) is 3.74. The molecule has 3 aromatic heterocycles. The van der Waals surface area contributed by atoms with Crippen LogP contribution < -0.4 is 0 Å². The maximum absolute atomic E-state index is 8.83. The van der Waals surface area contributed by atoms with Crippen LogP contribution in [0.4, 0.5) is 0 Å². The van der Waals surface area contributed by atoms with Gasteiger partial charge in [0, 0.05) is 24.0 Å². The number of aromatic amines is 1. The molecule has 88 valence electrons. The molecule has 0 saturated carbocycles. The molecule has 0 aliphatic heterocycles. The molecule has 6 heteroatoms. The molecule has 3 aromatic rings. The van der Waals surface area contributed by atoms with E-state index in [1.807, 2.05) is 12.3 Å². The lowest BCUT2D eigenvalue weighted by molar-refractivity contribution is 0.591. The van der Waals surface area contributed by atoms with E-state index in [0.717, 1.165) is 16.6 Å². The third-order valence-electron chi connectivity index (χ3n) is 2.74. The van der Waals surface area contributed by atoms with E-state index >= 15 is 0 Å². The zero-order valence-electron chi connectivity index (χ0n) is 9.70. The Morgan fingerprint density at radius 2 is 2.33 bits per heavy atom. The van der Waals surface area contributed by atoms with E-state index < -0.39 is 0 Å². The number of rotatable bonds is 2. The van der Waals surface area contributed by atoms with Gasteiger partial charge in [0.1, 0.15) is 11.7 Å². The minimum absolute atomic E-state index is 0.298. The molecule has 1 atom stereocenters. The second kappa shape index (κ2) is 3.96. The predicted molar refractivity (Wildman–Crippen MR) is 65.4 cm³/mol. The van der Waals surface area contributed by atoms with Gasteiger partial charge in [-0.2, -0.15) is 10.4 Å². The first-order valence-corrected chi connectivity index (χ1v) is 5.52. The van der Waals surface area contributed by atoms with Crippen molar-refractivity contribution in [3.63, 3.8) is 0 Å². The van der Waals surface area contributed by atoms with Crippen LogP contribution in [0.15, 0.2) is 30.9 Å². The van der Waals surface area contributed by atoms with Crippen molar-refractivity contribution in [2.45, 2.75) is 13.0 Å². The van der Waals surface area contributed by atoms with Crippen LogP contribution in [0.5, 0.6) is 0 Å². The first kappa shape index (κ1) is 10.5. The average Bonchev–Trinajstić information content (AvgIpc) is 3.05. The van der Waals surface area contributed by atoms with Crippen molar-refractivity contribution in [3.05, 3.63) is 30.9 Å². The van der Waals surface area contributed by atoms with Gasteiger partial charge in [0.25, 0.3) is 0 Å². The molecule has 0 spiro atoms. The normalized spacial score (nSPS) is 12.4. The van der Waals surface area contributed by atoms with Crippen LogP contribution in [0.3, 0.4) is 0 Å². The maximum atomic E-state index is 8.83. The highest BCUT2D eigenvalue weighted by Crippen LogP contribution is 2.18. The average molecular weight is 238 g/mol. The van der Waals surface area contributed by atoms with Crippen LogP contribution in [0, 0.1) is 11.3 Å². The highest BCUT2D eigenvalue weighted by molar-refractivity contribution is 5.76. The Labute approximate surface area is 103 Å². The quantitative estimate of drug-likeness (QED) is 0.739. The maximum Gasteiger partial charge on any atom is 0.164 e. The zero-order chi connectivity index (χ0) is 12.5. The van der Waals surface area contributed by atoms with Gasteiger partial charge in [0.15, 0.2) is 5.82 Å². The van der Waals surface area contributed by atoms with Gasteiger partial charge in [-0.15, -0.1) is 0 Å². The number of nitriles is 1. The van der Waals surface area contributed by atoms with Gasteiger partial charge in [-0.3, -0.25) is 4.68 Å². The number of hydrogen-bond acceptors (Lipinski definition) is 4. The van der Waals surface area contributed by atoms with Crippen molar-refractivity contribution in [2.75, 3.05) is 0 Å². The first-order chi connectivity index (χ1) is 8.78. The summed E-state index contributed by atoms with van der Waals surface area (Å²) < 4.78 is 1.59. The molecule has 3 rings (SSSR count). The second-order valence-electron chi connectivity index (χ2n) is 3.99. The predicted octanol–water partition coefficient (Wildman–Crippen LogP) is 1.91. The van der Waals surface area contributed by atoms with Gasteiger partial charge in [-0.25, -0.2) is 9.97 Å². The summed E-state index contributed by atoms with van der Waals surface area (Å²) in [4.78, 5) is 11.7. The van der Waals surface area contributed by atoms with Crippen LogP contribution in [0.25, 0.3) is 22.4 Å². The minimum atomic E-state index is -0.298. The first-order valence-electron chi connectivity index (χ1n) is 5.52. The molecule has 0 aliphatic rings. The third kappa shape index (κ3) is 1.62. The highest BCUT2D eigenvalue weighted by Gasteiger charge is 2.09. The lowest BCUT2D eigenvalue weighted by Crippen LogP contribution is -2.01. The van der Waals surface area contributed by atoms with Crippen LogP contribution >= 0.6 is 0 Å². The topological polar surface area (TPSA) is 83.2 Å². The van der Waals surface area contributed by atoms with Gasteiger partial charge in [-0.1, -0.05) is 0 Å². The molecule has 6 nitrogen and oxygen atoms in total. The third-order valence-corrected chi connectivity index (χ3v) is 2.74. The Bertz CT molecular complexity index is 732. The second-order valence-corrected chi connectivity index (χ2v) is 3.99. The molecule has 1 unspecified atom stereocenters. The van der Waals surface area contributed by atoms with Crippen LogP contribution in [-0.4, -0.2) is 24.7 Å². The molecule has 0 radical (unpaired) electrons. The number of fused-ring (bicyclic) bond motifs is 1. The van der Waals surface area contributed by atoms with Crippen LogP contribution in [-0.2, 0) is 0 Å². The standard InChI is InChI=1S/C12H10N6/c1-8(4-13)18-7-10(6-16-18)12-15-5-9-2-3-14-11(9)17-12/h2-3,5-8H,1H3,(H,14,15,17). The van der Waals surface area contributed by atoms with Crippen LogP contribution in [0.2, 0.25) is 0 Å². The summed E-state index contributed by atoms with van der Waals surface area (Å²) in [5, 5.41) is 13.9. The SMILES string of the molecule is CC(C#N)n1cc(-c2ncc3cc[nH]c3n2)cn1. The summed E-state index contributed by atoms with van der Waals surface area (Å²) in [5.74, 6) is 0.598. The molecule has 0 fully saturated rings. The number of aromatic nitrogens is 5. The smallest absolute Gasteiger partial charge is 0.164 e. The van der Waals surface area contributed by atoms with Crippen molar-refractivity contribution < 1.29 is 0 Å². The lowest BCUT2D eigenvalue weighted by Gasteiger charge is -2.00. The van der Waals surface area contributed by atoms with E-state index in [1.54, 1.807) is 30.2 Å². The molecule has 3 heterocycles. The minimum Gasteiger partial charge on any atom is -0.346 e. The fourth-order valence-electron chi connectivity index (χ4n) is 1.70. The molecular formula is C12H10N6. The zero-order valence-corrected chi connectivity index (χ0v) is 9.70. The van der Waals surface area contributed by atoms with E-state index in [9.17, 15) is 0 Å². The van der Waals surface area contributed by atoms with Crippen LogP contribution in [0.1, 0.15) is 13.0 Å². The summed E-state index contributed by atoms with van der Waals surface area (Å²) in [5.41, 5.74) is 1.59. The van der Waals surface area contributed by atoms with Crippen molar-refractivity contribution in [2.24, 2.45) is 0 Å². The lowest BCUT2D eigenvalue weighted by atomic mass is 10.3.